The first kappa shape index (κ1) is 20.1. The van der Waals surface area contributed by atoms with Gasteiger partial charge in [-0.05, 0) is 50.3 Å². The lowest BCUT2D eigenvalue weighted by Crippen LogP contribution is -2.46. The van der Waals surface area contributed by atoms with Crippen LogP contribution < -0.4 is 15.6 Å². The predicted octanol–water partition coefficient (Wildman–Crippen LogP) is 3.45. The van der Waals surface area contributed by atoms with Gasteiger partial charge in [-0.2, -0.15) is 0 Å². The standard InChI is InChI=1S/C23H26N4O3/c1-2-7-19(28)25-16-11-13-23(14-12-16,30-20-10-5-6-15-24-20)22-26-18-9-4-3-8-17(18)21(29)27-22/h3-6,8-10,15-16H,2,7,11-14H2,1H3,(H,25,28)(H,26,27,29). The molecule has 156 valence electrons. The van der Waals surface area contributed by atoms with Crippen LogP contribution >= 0.6 is 0 Å². The molecule has 1 amide bonds. The molecule has 0 spiro atoms. The molecule has 0 radical (unpaired) electrons. The number of ether oxygens (including phenoxy) is 1. The third-order valence-corrected chi connectivity index (χ3v) is 5.62. The van der Waals surface area contributed by atoms with Crippen molar-refractivity contribution in [2.75, 3.05) is 0 Å². The van der Waals surface area contributed by atoms with Crippen molar-refractivity contribution in [3.05, 3.63) is 64.8 Å². The topological polar surface area (TPSA) is 97.0 Å². The number of hydrogen-bond donors (Lipinski definition) is 2. The molecule has 2 aromatic heterocycles. The minimum absolute atomic E-state index is 0.0814. The lowest BCUT2D eigenvalue weighted by molar-refractivity contribution is -0.122. The van der Waals surface area contributed by atoms with Crippen LogP contribution in [0.5, 0.6) is 5.88 Å². The van der Waals surface area contributed by atoms with Gasteiger partial charge in [0.15, 0.2) is 11.4 Å². The average Bonchev–Trinajstić information content (AvgIpc) is 2.76. The zero-order valence-corrected chi connectivity index (χ0v) is 17.1. The Morgan fingerprint density at radius 1 is 1.20 bits per heavy atom. The van der Waals surface area contributed by atoms with Crippen molar-refractivity contribution in [2.45, 2.75) is 57.1 Å². The summed E-state index contributed by atoms with van der Waals surface area (Å²) in [6, 6.07) is 12.9. The van der Waals surface area contributed by atoms with Gasteiger partial charge in [-0.25, -0.2) is 9.97 Å². The van der Waals surface area contributed by atoms with Gasteiger partial charge in [0.05, 0.1) is 10.9 Å². The fraction of sp³-hybridized carbons (Fsp3) is 0.391. The van der Waals surface area contributed by atoms with Crippen molar-refractivity contribution in [3.8, 4) is 5.88 Å². The summed E-state index contributed by atoms with van der Waals surface area (Å²) in [6.45, 7) is 1.99. The molecule has 7 heteroatoms. The highest BCUT2D eigenvalue weighted by molar-refractivity contribution is 5.77. The van der Waals surface area contributed by atoms with Gasteiger partial charge < -0.3 is 15.0 Å². The van der Waals surface area contributed by atoms with Gasteiger partial charge in [0.1, 0.15) is 0 Å². The number of nitrogens with zero attached hydrogens (tertiary/aromatic N) is 2. The molecule has 0 saturated heterocycles. The number of carbonyl (C=O) groups is 1. The molecule has 30 heavy (non-hydrogen) atoms. The zero-order chi connectivity index (χ0) is 21.0. The molecule has 4 rings (SSSR count). The van der Waals surface area contributed by atoms with E-state index >= 15 is 0 Å². The molecule has 0 atom stereocenters. The predicted molar refractivity (Wildman–Crippen MR) is 114 cm³/mol. The normalized spacial score (nSPS) is 21.3. The SMILES string of the molecule is CCCC(=O)NC1CCC(Oc2ccccn2)(c2nc3ccccc3c(=O)[nH]2)CC1. The number of rotatable bonds is 6. The van der Waals surface area contributed by atoms with Gasteiger partial charge in [-0.3, -0.25) is 9.59 Å². The van der Waals surface area contributed by atoms with Gasteiger partial charge in [0.25, 0.3) is 5.56 Å². The number of fused-ring (bicyclic) bond motifs is 1. The molecule has 1 aliphatic carbocycles. The van der Waals surface area contributed by atoms with Crippen LogP contribution in [0.15, 0.2) is 53.5 Å². The molecule has 7 nitrogen and oxygen atoms in total. The average molecular weight is 406 g/mol. The summed E-state index contributed by atoms with van der Waals surface area (Å²) in [4.78, 5) is 36.7. The van der Waals surface area contributed by atoms with Gasteiger partial charge in [0.2, 0.25) is 11.8 Å². The molecular weight excluding hydrogens is 380 g/mol. The number of amides is 1. The molecule has 1 saturated carbocycles. The molecule has 2 heterocycles. The molecule has 3 aromatic rings. The van der Waals surface area contributed by atoms with Crippen molar-refractivity contribution < 1.29 is 9.53 Å². The van der Waals surface area contributed by atoms with Crippen LogP contribution in [0.4, 0.5) is 0 Å². The van der Waals surface area contributed by atoms with Crippen LogP contribution in [0, 0.1) is 0 Å². The lowest BCUT2D eigenvalue weighted by atomic mass is 9.81. The summed E-state index contributed by atoms with van der Waals surface area (Å²) in [5, 5.41) is 3.66. The maximum Gasteiger partial charge on any atom is 0.258 e. The molecule has 1 aliphatic rings. The van der Waals surface area contributed by atoms with Gasteiger partial charge in [-0.15, -0.1) is 0 Å². The zero-order valence-electron chi connectivity index (χ0n) is 17.1. The second kappa shape index (κ2) is 8.65. The Balaban J connectivity index is 1.66. The second-order valence-electron chi connectivity index (χ2n) is 7.79. The van der Waals surface area contributed by atoms with Crippen molar-refractivity contribution in [2.24, 2.45) is 0 Å². The van der Waals surface area contributed by atoms with E-state index in [2.05, 4.69) is 15.3 Å². The van der Waals surface area contributed by atoms with E-state index in [1.54, 1.807) is 18.3 Å². The van der Waals surface area contributed by atoms with E-state index in [1.165, 1.54) is 0 Å². The summed E-state index contributed by atoms with van der Waals surface area (Å²) in [5.74, 6) is 1.08. The number of hydrogen-bond acceptors (Lipinski definition) is 5. The Morgan fingerprint density at radius 2 is 1.97 bits per heavy atom. The number of carbonyl (C=O) groups excluding carboxylic acids is 1. The molecule has 2 N–H and O–H groups in total. The molecular formula is C23H26N4O3. The van der Waals surface area contributed by atoms with Crippen molar-refractivity contribution >= 4 is 16.8 Å². The number of para-hydroxylation sites is 1. The number of H-pyrrole nitrogens is 1. The van der Waals surface area contributed by atoms with Crippen molar-refractivity contribution in [3.63, 3.8) is 0 Å². The third kappa shape index (κ3) is 4.20. The fourth-order valence-electron chi connectivity index (χ4n) is 4.05. The monoisotopic (exact) mass is 406 g/mol. The number of aromatic amines is 1. The lowest BCUT2D eigenvalue weighted by Gasteiger charge is -2.39. The van der Waals surface area contributed by atoms with Crippen LogP contribution in [0.25, 0.3) is 10.9 Å². The fourth-order valence-corrected chi connectivity index (χ4v) is 4.05. The van der Waals surface area contributed by atoms with Crippen LogP contribution in [-0.2, 0) is 10.4 Å². The first-order valence-electron chi connectivity index (χ1n) is 10.5. The third-order valence-electron chi connectivity index (χ3n) is 5.62. The first-order valence-corrected chi connectivity index (χ1v) is 10.5. The minimum atomic E-state index is -0.802. The Labute approximate surface area is 174 Å². The summed E-state index contributed by atoms with van der Waals surface area (Å²) < 4.78 is 6.38. The highest BCUT2D eigenvalue weighted by atomic mass is 16.5. The largest absolute Gasteiger partial charge is 0.463 e. The molecule has 0 aliphatic heterocycles. The Hall–Kier alpha value is -3.22. The highest BCUT2D eigenvalue weighted by Gasteiger charge is 2.42. The van der Waals surface area contributed by atoms with E-state index in [4.69, 9.17) is 9.72 Å². The van der Waals surface area contributed by atoms with Crippen LogP contribution in [0.3, 0.4) is 0 Å². The smallest absolute Gasteiger partial charge is 0.258 e. The van der Waals surface area contributed by atoms with Crippen LogP contribution in [0.1, 0.15) is 51.3 Å². The second-order valence-corrected chi connectivity index (χ2v) is 7.79. The van der Waals surface area contributed by atoms with Gasteiger partial charge >= 0.3 is 0 Å². The van der Waals surface area contributed by atoms with E-state index in [9.17, 15) is 9.59 Å². The minimum Gasteiger partial charge on any atom is -0.463 e. The van der Waals surface area contributed by atoms with E-state index in [1.807, 2.05) is 37.3 Å². The van der Waals surface area contributed by atoms with E-state index in [-0.39, 0.29) is 17.5 Å². The summed E-state index contributed by atoms with van der Waals surface area (Å²) in [6.07, 6.45) is 5.73. The van der Waals surface area contributed by atoms with Gasteiger partial charge in [-0.1, -0.05) is 25.1 Å². The van der Waals surface area contributed by atoms with Crippen molar-refractivity contribution in [1.29, 1.82) is 0 Å². The van der Waals surface area contributed by atoms with E-state index in [0.717, 1.165) is 19.3 Å². The van der Waals surface area contributed by atoms with Crippen molar-refractivity contribution in [1.82, 2.24) is 20.3 Å². The Kier molecular flexibility index (Phi) is 5.79. The maximum absolute atomic E-state index is 12.7. The van der Waals surface area contributed by atoms with E-state index in [0.29, 0.717) is 41.9 Å². The molecule has 0 bridgehead atoms. The highest BCUT2D eigenvalue weighted by Crippen LogP contribution is 2.39. The number of pyridine rings is 1. The first-order chi connectivity index (χ1) is 14.6. The van der Waals surface area contributed by atoms with Crippen LogP contribution in [0.2, 0.25) is 0 Å². The molecule has 1 aromatic carbocycles. The summed E-state index contributed by atoms with van der Waals surface area (Å²) >= 11 is 0. The number of benzene rings is 1. The number of nitrogens with one attached hydrogen (secondary N) is 2. The van der Waals surface area contributed by atoms with Crippen LogP contribution in [-0.4, -0.2) is 26.9 Å². The number of aromatic nitrogens is 3. The quantitative estimate of drug-likeness (QED) is 0.653. The summed E-state index contributed by atoms with van der Waals surface area (Å²) in [7, 11) is 0. The van der Waals surface area contributed by atoms with Gasteiger partial charge in [0, 0.05) is 24.7 Å². The van der Waals surface area contributed by atoms with E-state index < -0.39 is 5.60 Å². The molecule has 0 unspecified atom stereocenters. The molecule has 1 fully saturated rings. The maximum atomic E-state index is 12.7. The Morgan fingerprint density at radius 3 is 2.70 bits per heavy atom. The Bertz CT molecular complexity index is 1070. The summed E-state index contributed by atoms with van der Waals surface area (Å²) in [5.41, 5.74) is -0.347.